The van der Waals surface area contributed by atoms with Crippen molar-refractivity contribution in [3.8, 4) is 0 Å². The van der Waals surface area contributed by atoms with Crippen molar-refractivity contribution in [3.05, 3.63) is 51.3 Å². The van der Waals surface area contributed by atoms with Crippen molar-refractivity contribution in [2.45, 2.75) is 0 Å². The van der Waals surface area contributed by atoms with Gasteiger partial charge in [0.05, 0.1) is 21.9 Å². The van der Waals surface area contributed by atoms with E-state index in [0.717, 1.165) is 6.07 Å². The zero-order chi connectivity index (χ0) is 14.0. The van der Waals surface area contributed by atoms with Gasteiger partial charge in [-0.25, -0.2) is 9.37 Å². The van der Waals surface area contributed by atoms with Gasteiger partial charge in [-0.2, -0.15) is 0 Å². The predicted molar refractivity (Wildman–Crippen MR) is 75.7 cm³/mol. The summed E-state index contributed by atoms with van der Waals surface area (Å²) in [4.78, 5) is 15.8. The van der Waals surface area contributed by atoms with E-state index in [2.05, 4.69) is 26.2 Å². The van der Waals surface area contributed by atoms with Gasteiger partial charge in [0, 0.05) is 5.02 Å². The molecule has 0 spiro atoms. The highest BCUT2D eigenvalue weighted by Crippen LogP contribution is 2.23. The molecule has 0 aliphatic rings. The lowest BCUT2D eigenvalue weighted by molar-refractivity contribution is 0.102. The first kappa shape index (κ1) is 13.8. The molecule has 1 aromatic carbocycles. The van der Waals surface area contributed by atoms with Crippen molar-refractivity contribution in [3.63, 3.8) is 0 Å². The number of carbonyl (C=O) groups excluding carboxylic acids is 1. The predicted octanol–water partition coefficient (Wildman–Crippen LogP) is 3.47. The average molecular weight is 345 g/mol. The molecule has 0 unspecified atom stereocenters. The zero-order valence-electron chi connectivity index (χ0n) is 9.45. The maximum atomic E-state index is 13.6. The SMILES string of the molecule is Nc1cnc(NC(=O)c2ccc(Cl)cc2F)c(Br)c1. The number of halogens is 3. The maximum absolute atomic E-state index is 13.6. The van der Waals surface area contributed by atoms with E-state index < -0.39 is 11.7 Å². The van der Waals surface area contributed by atoms with Crippen molar-refractivity contribution < 1.29 is 9.18 Å². The number of nitrogens with one attached hydrogen (secondary N) is 1. The van der Waals surface area contributed by atoms with Gasteiger partial charge >= 0.3 is 0 Å². The molecule has 2 rings (SSSR count). The average Bonchev–Trinajstić information content (AvgIpc) is 2.32. The second kappa shape index (κ2) is 5.54. The number of hydrogen-bond acceptors (Lipinski definition) is 3. The van der Waals surface area contributed by atoms with Crippen LogP contribution in [0.1, 0.15) is 10.4 Å². The van der Waals surface area contributed by atoms with Crippen molar-refractivity contribution in [1.29, 1.82) is 0 Å². The number of nitrogens with two attached hydrogens (primary N) is 1. The van der Waals surface area contributed by atoms with Crippen molar-refractivity contribution in [2.75, 3.05) is 11.1 Å². The molecule has 19 heavy (non-hydrogen) atoms. The third-order valence-electron chi connectivity index (χ3n) is 2.27. The number of anilines is 2. The van der Waals surface area contributed by atoms with Crippen LogP contribution in [0, 0.1) is 5.82 Å². The van der Waals surface area contributed by atoms with Crippen LogP contribution >= 0.6 is 27.5 Å². The molecule has 1 aromatic heterocycles. The molecule has 0 aliphatic carbocycles. The Hall–Kier alpha value is -1.66. The van der Waals surface area contributed by atoms with Crippen LogP contribution in [-0.2, 0) is 0 Å². The highest BCUT2D eigenvalue weighted by molar-refractivity contribution is 9.10. The molecule has 1 amide bonds. The maximum Gasteiger partial charge on any atom is 0.259 e. The molecule has 7 heteroatoms. The van der Waals surface area contributed by atoms with Gasteiger partial charge in [-0.15, -0.1) is 0 Å². The van der Waals surface area contributed by atoms with Crippen LogP contribution in [0.2, 0.25) is 5.02 Å². The molecule has 2 aromatic rings. The Kier molecular flexibility index (Phi) is 4.01. The van der Waals surface area contributed by atoms with Crippen LogP contribution < -0.4 is 11.1 Å². The first-order valence-electron chi connectivity index (χ1n) is 5.15. The Morgan fingerprint density at radius 2 is 2.16 bits per heavy atom. The van der Waals surface area contributed by atoms with E-state index in [1.54, 1.807) is 6.07 Å². The molecule has 1 heterocycles. The van der Waals surface area contributed by atoms with Crippen LogP contribution in [0.3, 0.4) is 0 Å². The number of amides is 1. The Morgan fingerprint density at radius 1 is 1.42 bits per heavy atom. The lowest BCUT2D eigenvalue weighted by atomic mass is 10.2. The Bertz CT molecular complexity index is 651. The molecule has 0 saturated carbocycles. The fraction of sp³-hybridized carbons (Fsp3) is 0. The minimum Gasteiger partial charge on any atom is -0.397 e. The number of hydrogen-bond donors (Lipinski definition) is 2. The summed E-state index contributed by atoms with van der Waals surface area (Å²) in [6.45, 7) is 0. The smallest absolute Gasteiger partial charge is 0.259 e. The summed E-state index contributed by atoms with van der Waals surface area (Å²) in [5.41, 5.74) is 5.86. The van der Waals surface area contributed by atoms with Gasteiger partial charge in [-0.1, -0.05) is 11.6 Å². The topological polar surface area (TPSA) is 68.0 Å². The number of carbonyl (C=O) groups is 1. The van der Waals surface area contributed by atoms with Crippen molar-refractivity contribution >= 4 is 44.9 Å². The summed E-state index contributed by atoms with van der Waals surface area (Å²) in [6.07, 6.45) is 1.39. The second-order valence-corrected chi connectivity index (χ2v) is 4.97. The van der Waals surface area contributed by atoms with E-state index >= 15 is 0 Å². The van der Waals surface area contributed by atoms with E-state index in [4.69, 9.17) is 17.3 Å². The minimum atomic E-state index is -0.698. The number of nitrogens with zero attached hydrogens (tertiary/aromatic N) is 1. The standard InChI is InChI=1S/C12H8BrClFN3O/c13-9-4-7(16)5-17-11(9)18-12(19)8-2-1-6(14)3-10(8)15/h1-5H,16H2,(H,17,18,19). The molecule has 0 fully saturated rings. The third-order valence-corrected chi connectivity index (χ3v) is 3.11. The van der Waals surface area contributed by atoms with Crippen LogP contribution in [-0.4, -0.2) is 10.9 Å². The Morgan fingerprint density at radius 3 is 2.79 bits per heavy atom. The lowest BCUT2D eigenvalue weighted by Crippen LogP contribution is -2.15. The summed E-state index contributed by atoms with van der Waals surface area (Å²) in [5.74, 6) is -1.06. The van der Waals surface area contributed by atoms with Crippen molar-refractivity contribution in [2.24, 2.45) is 0 Å². The lowest BCUT2D eigenvalue weighted by Gasteiger charge is -2.07. The van der Waals surface area contributed by atoms with Gasteiger partial charge in [-0.3, -0.25) is 4.79 Å². The summed E-state index contributed by atoms with van der Waals surface area (Å²) in [7, 11) is 0. The molecule has 3 N–H and O–H groups in total. The zero-order valence-corrected chi connectivity index (χ0v) is 11.8. The number of rotatable bonds is 2. The second-order valence-electron chi connectivity index (χ2n) is 3.68. The monoisotopic (exact) mass is 343 g/mol. The molecular formula is C12H8BrClFN3O. The number of pyridine rings is 1. The van der Waals surface area contributed by atoms with Crippen LogP contribution in [0.4, 0.5) is 15.9 Å². The molecule has 0 bridgehead atoms. The summed E-state index contributed by atoms with van der Waals surface area (Å²) < 4.78 is 14.1. The first-order chi connectivity index (χ1) is 8.97. The number of benzene rings is 1. The molecule has 0 aliphatic heterocycles. The highest BCUT2D eigenvalue weighted by Gasteiger charge is 2.14. The quantitative estimate of drug-likeness (QED) is 0.876. The van der Waals surface area contributed by atoms with Crippen LogP contribution in [0.5, 0.6) is 0 Å². The Balaban J connectivity index is 2.25. The van der Waals surface area contributed by atoms with Gasteiger partial charge in [0.25, 0.3) is 5.91 Å². The molecular weight excluding hydrogens is 337 g/mol. The van der Waals surface area contributed by atoms with E-state index in [-0.39, 0.29) is 16.4 Å². The van der Waals surface area contributed by atoms with Gasteiger partial charge in [0.2, 0.25) is 0 Å². The third kappa shape index (κ3) is 3.21. The molecule has 0 atom stereocenters. The minimum absolute atomic E-state index is 0.116. The normalized spacial score (nSPS) is 10.3. The first-order valence-corrected chi connectivity index (χ1v) is 6.32. The van der Waals surface area contributed by atoms with E-state index in [1.807, 2.05) is 0 Å². The number of aromatic nitrogens is 1. The molecule has 4 nitrogen and oxygen atoms in total. The van der Waals surface area contributed by atoms with Crippen molar-refractivity contribution in [1.82, 2.24) is 4.98 Å². The molecule has 98 valence electrons. The van der Waals surface area contributed by atoms with Gasteiger partial charge < -0.3 is 11.1 Å². The summed E-state index contributed by atoms with van der Waals surface area (Å²) in [5, 5.41) is 2.70. The van der Waals surface area contributed by atoms with E-state index in [9.17, 15) is 9.18 Å². The summed E-state index contributed by atoms with van der Waals surface area (Å²) >= 11 is 8.83. The van der Waals surface area contributed by atoms with Crippen LogP contribution in [0.15, 0.2) is 34.9 Å². The summed E-state index contributed by atoms with van der Waals surface area (Å²) in [6, 6.07) is 5.39. The van der Waals surface area contributed by atoms with Gasteiger partial charge in [-0.05, 0) is 40.2 Å². The van der Waals surface area contributed by atoms with Crippen LogP contribution in [0.25, 0.3) is 0 Å². The molecule has 0 saturated heterocycles. The van der Waals surface area contributed by atoms with Gasteiger partial charge in [0.15, 0.2) is 0 Å². The number of nitrogen functional groups attached to an aromatic ring is 1. The van der Waals surface area contributed by atoms with E-state index in [1.165, 1.54) is 18.3 Å². The highest BCUT2D eigenvalue weighted by atomic mass is 79.9. The fourth-order valence-corrected chi connectivity index (χ4v) is 2.02. The molecule has 0 radical (unpaired) electrons. The van der Waals surface area contributed by atoms with Gasteiger partial charge in [0.1, 0.15) is 11.6 Å². The fourth-order valence-electron chi connectivity index (χ4n) is 1.39. The van der Waals surface area contributed by atoms with E-state index in [0.29, 0.717) is 10.2 Å². The largest absolute Gasteiger partial charge is 0.397 e. The Labute approximate surface area is 121 Å².